The van der Waals surface area contributed by atoms with E-state index in [2.05, 4.69) is 20.7 Å². The van der Waals surface area contributed by atoms with Gasteiger partial charge in [0.2, 0.25) is 0 Å². The highest BCUT2D eigenvalue weighted by molar-refractivity contribution is 5.76. The van der Waals surface area contributed by atoms with Crippen LogP contribution in [0.4, 0.5) is 0 Å². The van der Waals surface area contributed by atoms with Crippen molar-refractivity contribution in [3.8, 4) is 0 Å². The summed E-state index contributed by atoms with van der Waals surface area (Å²) in [6, 6.07) is 6.48. The molecule has 0 amide bonds. The zero-order valence-electron chi connectivity index (χ0n) is 13.5. The third-order valence-electron chi connectivity index (χ3n) is 6.79. The molecule has 4 aliphatic rings. The molecule has 0 unspecified atom stereocenters. The van der Waals surface area contributed by atoms with Crippen molar-refractivity contribution < 1.29 is 0 Å². The fourth-order valence-corrected chi connectivity index (χ4v) is 6.25. The molecule has 3 aromatic heterocycles. The van der Waals surface area contributed by atoms with E-state index in [1.807, 2.05) is 12.1 Å². The first-order valence-electron chi connectivity index (χ1n) is 9.12. The van der Waals surface area contributed by atoms with Crippen molar-refractivity contribution in [1.29, 1.82) is 0 Å². The van der Waals surface area contributed by atoms with Crippen LogP contribution < -0.4 is 5.56 Å². The van der Waals surface area contributed by atoms with Crippen molar-refractivity contribution in [2.45, 2.75) is 38.1 Å². The standard InChI is InChI=1S/C19H20N4O/c24-19-17-15(2-1-4-20-17)22(16-3-5-21-23(16)19)18-13-7-11-6-12(9-13)10-14(18)8-11/h1-5,11-14,18H,6-10H2. The van der Waals surface area contributed by atoms with Gasteiger partial charge in [0.15, 0.2) is 5.52 Å². The van der Waals surface area contributed by atoms with Crippen LogP contribution in [0.25, 0.3) is 16.7 Å². The Morgan fingerprint density at radius 1 is 0.958 bits per heavy atom. The van der Waals surface area contributed by atoms with Crippen LogP contribution in [0.15, 0.2) is 35.4 Å². The van der Waals surface area contributed by atoms with Crippen LogP contribution >= 0.6 is 0 Å². The fraction of sp³-hybridized carbons (Fsp3) is 0.526. The van der Waals surface area contributed by atoms with Gasteiger partial charge in [0, 0.05) is 18.3 Å². The van der Waals surface area contributed by atoms with Gasteiger partial charge < -0.3 is 4.57 Å². The van der Waals surface area contributed by atoms with Gasteiger partial charge in [-0.15, -0.1) is 0 Å². The third kappa shape index (κ3) is 1.57. The molecule has 0 atom stereocenters. The van der Waals surface area contributed by atoms with Gasteiger partial charge in [-0.3, -0.25) is 4.79 Å². The average molecular weight is 320 g/mol. The summed E-state index contributed by atoms with van der Waals surface area (Å²) in [6.45, 7) is 0. The van der Waals surface area contributed by atoms with Crippen molar-refractivity contribution in [3.63, 3.8) is 0 Å². The van der Waals surface area contributed by atoms with Gasteiger partial charge in [-0.1, -0.05) is 0 Å². The summed E-state index contributed by atoms with van der Waals surface area (Å²) in [5.41, 5.74) is 2.35. The molecule has 0 saturated heterocycles. The highest BCUT2D eigenvalue weighted by atomic mass is 16.1. The molecule has 24 heavy (non-hydrogen) atoms. The van der Waals surface area contributed by atoms with E-state index in [1.165, 1.54) is 32.1 Å². The Bertz CT molecular complexity index is 989. The molecule has 0 N–H and O–H groups in total. The first kappa shape index (κ1) is 13.2. The topological polar surface area (TPSA) is 52.2 Å². The van der Waals surface area contributed by atoms with Gasteiger partial charge in [-0.2, -0.15) is 9.61 Å². The molecule has 5 nitrogen and oxygen atoms in total. The molecule has 4 saturated carbocycles. The quantitative estimate of drug-likeness (QED) is 0.692. The molecule has 4 bridgehead atoms. The Hall–Kier alpha value is -2.17. The van der Waals surface area contributed by atoms with Crippen molar-refractivity contribution in [2.24, 2.45) is 23.7 Å². The normalized spacial score (nSPS) is 34.4. The predicted octanol–water partition coefficient (Wildman–Crippen LogP) is 3.04. The summed E-state index contributed by atoms with van der Waals surface area (Å²) < 4.78 is 3.95. The maximum absolute atomic E-state index is 12.7. The van der Waals surface area contributed by atoms with Crippen LogP contribution in [0.5, 0.6) is 0 Å². The second kappa shape index (κ2) is 4.47. The summed E-state index contributed by atoms with van der Waals surface area (Å²) in [4.78, 5) is 17.1. The number of hydrogen-bond donors (Lipinski definition) is 0. The summed E-state index contributed by atoms with van der Waals surface area (Å²) in [5.74, 6) is 3.36. The second-order valence-electron chi connectivity index (χ2n) is 8.07. The number of hydrogen-bond acceptors (Lipinski definition) is 3. The second-order valence-corrected chi connectivity index (χ2v) is 8.07. The van der Waals surface area contributed by atoms with Crippen molar-refractivity contribution in [3.05, 3.63) is 40.9 Å². The van der Waals surface area contributed by atoms with E-state index in [1.54, 1.807) is 16.9 Å². The van der Waals surface area contributed by atoms with E-state index >= 15 is 0 Å². The van der Waals surface area contributed by atoms with E-state index in [0.29, 0.717) is 11.6 Å². The summed E-state index contributed by atoms with van der Waals surface area (Å²) >= 11 is 0. The Morgan fingerprint density at radius 2 is 1.71 bits per heavy atom. The van der Waals surface area contributed by atoms with E-state index in [-0.39, 0.29) is 5.56 Å². The lowest BCUT2D eigenvalue weighted by molar-refractivity contribution is -0.0265. The number of rotatable bonds is 1. The minimum Gasteiger partial charge on any atom is -0.320 e. The Labute approximate surface area is 139 Å². The van der Waals surface area contributed by atoms with Crippen molar-refractivity contribution >= 4 is 16.7 Å². The zero-order chi connectivity index (χ0) is 15.8. The first-order valence-corrected chi connectivity index (χ1v) is 9.12. The van der Waals surface area contributed by atoms with Gasteiger partial charge in [0.05, 0.1) is 11.7 Å². The van der Waals surface area contributed by atoms with E-state index in [9.17, 15) is 4.79 Å². The highest BCUT2D eigenvalue weighted by Gasteiger charge is 2.49. The van der Waals surface area contributed by atoms with Crippen LogP contribution in [0.2, 0.25) is 0 Å². The van der Waals surface area contributed by atoms with Gasteiger partial charge in [-0.05, 0) is 67.9 Å². The fourth-order valence-electron chi connectivity index (χ4n) is 6.25. The van der Waals surface area contributed by atoms with E-state index in [0.717, 1.165) is 34.8 Å². The van der Waals surface area contributed by atoms with Crippen LogP contribution in [-0.2, 0) is 0 Å². The van der Waals surface area contributed by atoms with Crippen LogP contribution in [0.3, 0.4) is 0 Å². The molecular weight excluding hydrogens is 300 g/mol. The monoisotopic (exact) mass is 320 g/mol. The molecule has 4 fully saturated rings. The number of fused-ring (bicyclic) bond motifs is 2. The molecule has 3 heterocycles. The van der Waals surface area contributed by atoms with Crippen molar-refractivity contribution in [1.82, 2.24) is 19.2 Å². The third-order valence-corrected chi connectivity index (χ3v) is 6.79. The molecule has 0 spiro atoms. The number of pyridine rings is 1. The molecular formula is C19H20N4O. The van der Waals surface area contributed by atoms with Crippen LogP contribution in [-0.4, -0.2) is 19.2 Å². The molecule has 0 radical (unpaired) electrons. The molecule has 0 aliphatic heterocycles. The SMILES string of the molecule is O=c1c2ncccc2n(C2C3CC4CC(C3)CC2C4)c2ccnn12. The Morgan fingerprint density at radius 3 is 2.46 bits per heavy atom. The molecule has 5 heteroatoms. The minimum atomic E-state index is -0.106. The summed E-state index contributed by atoms with van der Waals surface area (Å²) in [7, 11) is 0. The van der Waals surface area contributed by atoms with Crippen molar-refractivity contribution in [2.75, 3.05) is 0 Å². The maximum atomic E-state index is 12.7. The minimum absolute atomic E-state index is 0.106. The Kier molecular flexibility index (Phi) is 2.45. The molecule has 7 rings (SSSR count). The van der Waals surface area contributed by atoms with Crippen LogP contribution in [0.1, 0.15) is 38.1 Å². The summed E-state index contributed by atoms with van der Waals surface area (Å²) in [5, 5.41) is 4.28. The van der Waals surface area contributed by atoms with Crippen LogP contribution in [0, 0.1) is 23.7 Å². The Balaban J connectivity index is 1.68. The molecule has 4 aliphatic carbocycles. The first-order chi connectivity index (χ1) is 11.8. The largest absolute Gasteiger partial charge is 0.320 e. The van der Waals surface area contributed by atoms with E-state index < -0.39 is 0 Å². The average Bonchev–Trinajstić information content (AvgIpc) is 3.06. The van der Waals surface area contributed by atoms with E-state index in [4.69, 9.17) is 0 Å². The molecule has 3 aromatic rings. The van der Waals surface area contributed by atoms with Gasteiger partial charge >= 0.3 is 5.56 Å². The predicted molar refractivity (Wildman–Crippen MR) is 90.8 cm³/mol. The molecule has 0 aromatic carbocycles. The summed E-state index contributed by atoms with van der Waals surface area (Å²) in [6.07, 6.45) is 10.3. The smallest absolute Gasteiger partial charge is 0.300 e. The molecule has 122 valence electrons. The number of aromatic nitrogens is 4. The lowest BCUT2D eigenvalue weighted by atomic mass is 9.54. The maximum Gasteiger partial charge on any atom is 0.300 e. The highest BCUT2D eigenvalue weighted by Crippen LogP contribution is 2.58. The van der Waals surface area contributed by atoms with Gasteiger partial charge in [-0.25, -0.2) is 4.98 Å². The van der Waals surface area contributed by atoms with Gasteiger partial charge in [0.25, 0.3) is 0 Å². The lowest BCUT2D eigenvalue weighted by Crippen LogP contribution is -2.46. The lowest BCUT2D eigenvalue weighted by Gasteiger charge is -2.55. The zero-order valence-corrected chi connectivity index (χ0v) is 13.5. The number of nitrogens with zero attached hydrogens (tertiary/aromatic N) is 4. The van der Waals surface area contributed by atoms with Gasteiger partial charge in [0.1, 0.15) is 5.65 Å².